The van der Waals surface area contributed by atoms with Gasteiger partial charge in [-0.1, -0.05) is 41.9 Å². The number of amides is 1. The van der Waals surface area contributed by atoms with E-state index < -0.39 is 0 Å². The number of hydrogen-bond acceptors (Lipinski definition) is 4. The first-order valence-electron chi connectivity index (χ1n) is 9.05. The van der Waals surface area contributed by atoms with Crippen molar-refractivity contribution in [1.29, 1.82) is 0 Å². The summed E-state index contributed by atoms with van der Waals surface area (Å²) in [6.45, 7) is 4.37. The minimum Gasteiger partial charge on any atom is -0.337 e. The molecule has 0 bridgehead atoms. The first-order chi connectivity index (χ1) is 13.2. The SMILES string of the molecule is O=C(/C=C/c1c(Cl)nc2sccn12)N1CCN(CCc2ccccc2)CC1. The molecule has 4 rings (SSSR count). The molecule has 1 aliphatic rings. The molecule has 1 fully saturated rings. The number of rotatable bonds is 5. The van der Waals surface area contributed by atoms with Crippen LogP contribution in [0, 0.1) is 0 Å². The van der Waals surface area contributed by atoms with Crippen LogP contribution < -0.4 is 0 Å². The summed E-state index contributed by atoms with van der Waals surface area (Å²) >= 11 is 7.69. The van der Waals surface area contributed by atoms with E-state index in [0.29, 0.717) is 5.15 Å². The van der Waals surface area contributed by atoms with Crippen LogP contribution >= 0.6 is 22.9 Å². The van der Waals surface area contributed by atoms with E-state index in [1.807, 2.05) is 26.9 Å². The van der Waals surface area contributed by atoms with Gasteiger partial charge in [-0.2, -0.15) is 0 Å². The van der Waals surface area contributed by atoms with Gasteiger partial charge in [0.1, 0.15) is 0 Å². The third-order valence-corrected chi connectivity index (χ3v) is 5.92. The van der Waals surface area contributed by atoms with E-state index in [1.54, 1.807) is 12.2 Å². The van der Waals surface area contributed by atoms with Crippen LogP contribution in [0.5, 0.6) is 0 Å². The fourth-order valence-corrected chi connectivity index (χ4v) is 4.31. The summed E-state index contributed by atoms with van der Waals surface area (Å²) in [5, 5.41) is 2.38. The van der Waals surface area contributed by atoms with Crippen LogP contribution in [0.15, 0.2) is 48.0 Å². The number of carbonyl (C=O) groups is 1. The zero-order valence-electron chi connectivity index (χ0n) is 14.9. The lowest BCUT2D eigenvalue weighted by Gasteiger charge is -2.34. The Morgan fingerprint density at radius 3 is 2.74 bits per heavy atom. The third kappa shape index (κ3) is 4.24. The Bertz CT molecular complexity index is 941. The summed E-state index contributed by atoms with van der Waals surface area (Å²) in [7, 11) is 0. The molecule has 140 valence electrons. The molecule has 5 nitrogen and oxygen atoms in total. The van der Waals surface area contributed by atoms with Crippen LogP contribution in [0.1, 0.15) is 11.3 Å². The molecule has 7 heteroatoms. The van der Waals surface area contributed by atoms with Gasteiger partial charge < -0.3 is 4.90 Å². The van der Waals surface area contributed by atoms with E-state index >= 15 is 0 Å². The number of benzene rings is 1. The van der Waals surface area contributed by atoms with Crippen LogP contribution in [0.3, 0.4) is 0 Å². The molecule has 1 saturated heterocycles. The summed E-state index contributed by atoms with van der Waals surface area (Å²) in [4.78, 5) is 21.9. The van der Waals surface area contributed by atoms with E-state index in [4.69, 9.17) is 11.6 Å². The van der Waals surface area contributed by atoms with Gasteiger partial charge in [-0.25, -0.2) is 4.98 Å². The van der Waals surface area contributed by atoms with Crippen molar-refractivity contribution in [3.05, 3.63) is 64.4 Å². The maximum Gasteiger partial charge on any atom is 0.246 e. The van der Waals surface area contributed by atoms with Crippen molar-refractivity contribution in [3.8, 4) is 0 Å². The lowest BCUT2D eigenvalue weighted by Crippen LogP contribution is -2.48. The highest BCUT2D eigenvalue weighted by Gasteiger charge is 2.19. The minimum absolute atomic E-state index is 0.0268. The van der Waals surface area contributed by atoms with Crippen molar-refractivity contribution >= 4 is 39.9 Å². The summed E-state index contributed by atoms with van der Waals surface area (Å²) in [6, 6.07) is 10.5. The lowest BCUT2D eigenvalue weighted by molar-refractivity contribution is -0.127. The maximum atomic E-state index is 12.5. The molecule has 3 heterocycles. The Hall–Kier alpha value is -2.15. The van der Waals surface area contributed by atoms with E-state index in [9.17, 15) is 4.79 Å². The topological polar surface area (TPSA) is 40.9 Å². The lowest BCUT2D eigenvalue weighted by atomic mass is 10.1. The van der Waals surface area contributed by atoms with Gasteiger partial charge in [0.15, 0.2) is 10.1 Å². The van der Waals surface area contributed by atoms with Gasteiger partial charge in [0.05, 0.1) is 5.69 Å². The van der Waals surface area contributed by atoms with Crippen LogP contribution in [0.4, 0.5) is 0 Å². The van der Waals surface area contributed by atoms with Crippen molar-refractivity contribution in [3.63, 3.8) is 0 Å². The van der Waals surface area contributed by atoms with Crippen LogP contribution in [0.25, 0.3) is 11.0 Å². The number of piperazine rings is 1. The average molecular weight is 401 g/mol. The minimum atomic E-state index is 0.0268. The molecule has 1 aliphatic heterocycles. The average Bonchev–Trinajstić information content (AvgIpc) is 3.26. The highest BCUT2D eigenvalue weighted by Crippen LogP contribution is 2.22. The molecule has 1 amide bonds. The van der Waals surface area contributed by atoms with Crippen molar-refractivity contribution in [1.82, 2.24) is 19.2 Å². The summed E-state index contributed by atoms with van der Waals surface area (Å²) < 4.78 is 1.90. The van der Waals surface area contributed by atoms with Gasteiger partial charge in [0, 0.05) is 50.4 Å². The van der Waals surface area contributed by atoms with Gasteiger partial charge in [0.25, 0.3) is 0 Å². The van der Waals surface area contributed by atoms with Crippen LogP contribution in [-0.4, -0.2) is 57.8 Å². The molecular weight excluding hydrogens is 380 g/mol. The first-order valence-corrected chi connectivity index (χ1v) is 10.3. The molecule has 27 heavy (non-hydrogen) atoms. The zero-order chi connectivity index (χ0) is 18.6. The Balaban J connectivity index is 1.29. The van der Waals surface area contributed by atoms with E-state index in [-0.39, 0.29) is 5.91 Å². The number of halogens is 1. The van der Waals surface area contributed by atoms with Gasteiger partial charge in [-0.15, -0.1) is 11.3 Å². The molecule has 0 aliphatic carbocycles. The molecule has 2 aromatic heterocycles. The predicted molar refractivity (Wildman–Crippen MR) is 110 cm³/mol. The zero-order valence-corrected chi connectivity index (χ0v) is 16.5. The Labute approximate surface area is 167 Å². The van der Waals surface area contributed by atoms with E-state index in [2.05, 4.69) is 34.1 Å². The van der Waals surface area contributed by atoms with Gasteiger partial charge in [-0.3, -0.25) is 14.1 Å². The second kappa shape index (κ2) is 8.25. The monoisotopic (exact) mass is 400 g/mol. The fraction of sp³-hybridized carbons (Fsp3) is 0.300. The highest BCUT2D eigenvalue weighted by atomic mass is 35.5. The number of nitrogens with zero attached hydrogens (tertiary/aromatic N) is 4. The second-order valence-corrected chi connectivity index (χ2v) is 7.81. The van der Waals surface area contributed by atoms with Crippen molar-refractivity contribution < 1.29 is 4.79 Å². The highest BCUT2D eigenvalue weighted by molar-refractivity contribution is 7.15. The molecule has 0 saturated carbocycles. The van der Waals surface area contributed by atoms with Crippen LogP contribution in [-0.2, 0) is 11.2 Å². The molecule has 0 atom stereocenters. The standard InChI is InChI=1S/C20H21ClN4OS/c21-19-17(25-14-15-27-20(25)22-19)6-7-18(26)24-12-10-23(11-13-24)9-8-16-4-2-1-3-5-16/h1-7,14-15H,8-13H2/b7-6+. The Morgan fingerprint density at radius 2 is 1.96 bits per heavy atom. The molecule has 1 aromatic carbocycles. The largest absolute Gasteiger partial charge is 0.337 e. The number of imidazole rings is 1. The summed E-state index contributed by atoms with van der Waals surface area (Å²) in [5.74, 6) is 0.0268. The molecule has 0 spiro atoms. The smallest absolute Gasteiger partial charge is 0.246 e. The number of carbonyl (C=O) groups excluding carboxylic acids is 1. The van der Waals surface area contributed by atoms with E-state index in [1.165, 1.54) is 16.9 Å². The number of fused-ring (bicyclic) bond motifs is 1. The number of thiazole rings is 1. The van der Waals surface area contributed by atoms with E-state index in [0.717, 1.165) is 49.8 Å². The molecule has 0 unspecified atom stereocenters. The predicted octanol–water partition coefficient (Wildman–Crippen LogP) is 3.45. The summed E-state index contributed by atoms with van der Waals surface area (Å²) in [5.41, 5.74) is 2.11. The fourth-order valence-electron chi connectivity index (χ4n) is 3.31. The Morgan fingerprint density at radius 1 is 1.19 bits per heavy atom. The maximum absolute atomic E-state index is 12.5. The molecular formula is C20H21ClN4OS. The molecule has 3 aromatic rings. The second-order valence-electron chi connectivity index (χ2n) is 6.58. The van der Waals surface area contributed by atoms with Gasteiger partial charge >= 0.3 is 0 Å². The van der Waals surface area contributed by atoms with Crippen LogP contribution in [0.2, 0.25) is 5.15 Å². The number of hydrogen-bond donors (Lipinski definition) is 0. The van der Waals surface area contributed by atoms with Crippen molar-refractivity contribution in [2.24, 2.45) is 0 Å². The van der Waals surface area contributed by atoms with Crippen molar-refractivity contribution in [2.75, 3.05) is 32.7 Å². The first kappa shape index (κ1) is 18.2. The Kier molecular flexibility index (Phi) is 5.57. The van der Waals surface area contributed by atoms with Crippen molar-refractivity contribution in [2.45, 2.75) is 6.42 Å². The quantitative estimate of drug-likeness (QED) is 0.616. The third-order valence-electron chi connectivity index (χ3n) is 4.88. The summed E-state index contributed by atoms with van der Waals surface area (Å²) in [6.07, 6.45) is 6.32. The van der Waals surface area contributed by atoms with Gasteiger partial charge in [-0.05, 0) is 18.1 Å². The molecule has 0 radical (unpaired) electrons. The number of aromatic nitrogens is 2. The normalized spacial score (nSPS) is 15.8. The van der Waals surface area contributed by atoms with Gasteiger partial charge in [0.2, 0.25) is 5.91 Å². The molecule has 0 N–H and O–H groups in total.